The number of hydrogen-bond acceptors (Lipinski definition) is 5. The van der Waals surface area contributed by atoms with Gasteiger partial charge in [0.1, 0.15) is 22.8 Å². The Labute approximate surface area is 155 Å². The van der Waals surface area contributed by atoms with Gasteiger partial charge in [-0.2, -0.15) is 0 Å². The highest BCUT2D eigenvalue weighted by atomic mass is 32.1. The number of thiophene rings is 1. The number of hydrogen-bond donors (Lipinski definition) is 0. The van der Waals surface area contributed by atoms with Gasteiger partial charge in [-0.1, -0.05) is 0 Å². The summed E-state index contributed by atoms with van der Waals surface area (Å²) in [5.41, 5.74) is 0.526. The molecule has 134 valence electrons. The topological polar surface area (TPSA) is 49.3 Å². The average Bonchev–Trinajstić information content (AvgIpc) is 2.87. The summed E-state index contributed by atoms with van der Waals surface area (Å²) in [7, 11) is 0. The van der Waals surface area contributed by atoms with E-state index in [1.807, 2.05) is 4.90 Å². The molecule has 3 heterocycles. The van der Waals surface area contributed by atoms with Crippen molar-refractivity contribution in [2.45, 2.75) is 13.3 Å². The highest BCUT2D eigenvalue weighted by Gasteiger charge is 2.22. The molecule has 0 aliphatic carbocycles. The van der Waals surface area contributed by atoms with Gasteiger partial charge in [-0.3, -0.25) is 4.79 Å². The van der Waals surface area contributed by atoms with Crippen LogP contribution in [0.1, 0.15) is 21.7 Å². The SMILES string of the molecule is Cc1cc2c(N3CCCN(C(=O)c4ccc(F)cc4)CC3)ncnc2s1. The van der Waals surface area contributed by atoms with Crippen molar-refractivity contribution in [3.63, 3.8) is 0 Å². The van der Waals surface area contributed by atoms with E-state index in [-0.39, 0.29) is 11.7 Å². The molecule has 0 radical (unpaired) electrons. The lowest BCUT2D eigenvalue weighted by Gasteiger charge is -2.23. The molecule has 0 atom stereocenters. The zero-order chi connectivity index (χ0) is 18.1. The van der Waals surface area contributed by atoms with Gasteiger partial charge >= 0.3 is 0 Å². The van der Waals surface area contributed by atoms with E-state index in [4.69, 9.17) is 0 Å². The van der Waals surface area contributed by atoms with Crippen molar-refractivity contribution in [2.24, 2.45) is 0 Å². The summed E-state index contributed by atoms with van der Waals surface area (Å²) in [5, 5.41) is 1.08. The number of halogens is 1. The van der Waals surface area contributed by atoms with Gasteiger partial charge in [0.2, 0.25) is 0 Å². The molecule has 1 aliphatic rings. The molecule has 0 saturated carbocycles. The highest BCUT2D eigenvalue weighted by molar-refractivity contribution is 7.18. The van der Waals surface area contributed by atoms with Crippen molar-refractivity contribution in [3.8, 4) is 0 Å². The molecule has 7 heteroatoms. The van der Waals surface area contributed by atoms with Crippen LogP contribution in [-0.4, -0.2) is 47.0 Å². The van der Waals surface area contributed by atoms with Gasteiger partial charge < -0.3 is 9.80 Å². The maximum absolute atomic E-state index is 13.1. The molecule has 1 aliphatic heterocycles. The van der Waals surface area contributed by atoms with Crippen LogP contribution in [0.15, 0.2) is 36.7 Å². The molecule has 0 spiro atoms. The minimum Gasteiger partial charge on any atom is -0.354 e. The highest BCUT2D eigenvalue weighted by Crippen LogP contribution is 2.30. The quantitative estimate of drug-likeness (QED) is 0.693. The van der Waals surface area contributed by atoms with Crippen LogP contribution in [0.5, 0.6) is 0 Å². The summed E-state index contributed by atoms with van der Waals surface area (Å²) < 4.78 is 13.1. The van der Waals surface area contributed by atoms with Crippen LogP contribution >= 0.6 is 11.3 Å². The van der Waals surface area contributed by atoms with Crippen molar-refractivity contribution in [2.75, 3.05) is 31.1 Å². The predicted molar refractivity (Wildman–Crippen MR) is 101 cm³/mol. The van der Waals surface area contributed by atoms with E-state index in [0.29, 0.717) is 25.2 Å². The molecule has 1 fully saturated rings. The maximum atomic E-state index is 13.1. The van der Waals surface area contributed by atoms with Gasteiger partial charge in [0.05, 0.1) is 5.39 Å². The summed E-state index contributed by atoms with van der Waals surface area (Å²) in [6, 6.07) is 7.87. The molecular weight excluding hydrogens is 351 g/mol. The minimum absolute atomic E-state index is 0.0499. The van der Waals surface area contributed by atoms with Crippen LogP contribution in [0.4, 0.5) is 10.2 Å². The number of aryl methyl sites for hydroxylation is 1. The first-order chi connectivity index (χ1) is 12.6. The van der Waals surface area contributed by atoms with Crippen molar-refractivity contribution in [1.82, 2.24) is 14.9 Å². The third kappa shape index (κ3) is 3.26. The van der Waals surface area contributed by atoms with Gasteiger partial charge in [-0.05, 0) is 43.7 Å². The summed E-state index contributed by atoms with van der Waals surface area (Å²) in [6.45, 7) is 4.93. The summed E-state index contributed by atoms with van der Waals surface area (Å²) >= 11 is 1.67. The van der Waals surface area contributed by atoms with E-state index in [0.717, 1.165) is 29.0 Å². The Morgan fingerprint density at radius 3 is 2.73 bits per heavy atom. The largest absolute Gasteiger partial charge is 0.354 e. The van der Waals surface area contributed by atoms with E-state index < -0.39 is 0 Å². The normalized spacial score (nSPS) is 15.3. The van der Waals surface area contributed by atoms with Crippen molar-refractivity contribution in [1.29, 1.82) is 0 Å². The third-order valence-electron chi connectivity index (χ3n) is 4.61. The van der Waals surface area contributed by atoms with E-state index >= 15 is 0 Å². The molecule has 0 bridgehead atoms. The number of aromatic nitrogens is 2. The second-order valence-electron chi connectivity index (χ2n) is 6.41. The van der Waals surface area contributed by atoms with Crippen LogP contribution in [-0.2, 0) is 0 Å². The summed E-state index contributed by atoms with van der Waals surface area (Å²) in [6.07, 6.45) is 2.47. The Morgan fingerprint density at radius 2 is 1.92 bits per heavy atom. The number of amides is 1. The Balaban J connectivity index is 1.52. The fourth-order valence-corrected chi connectivity index (χ4v) is 4.16. The molecule has 1 aromatic carbocycles. The second-order valence-corrected chi connectivity index (χ2v) is 7.65. The molecule has 2 aromatic heterocycles. The van der Waals surface area contributed by atoms with Crippen LogP contribution < -0.4 is 4.90 Å². The maximum Gasteiger partial charge on any atom is 0.253 e. The molecule has 4 rings (SSSR count). The second kappa shape index (κ2) is 6.99. The Morgan fingerprint density at radius 1 is 1.12 bits per heavy atom. The molecule has 3 aromatic rings. The molecule has 26 heavy (non-hydrogen) atoms. The van der Waals surface area contributed by atoms with Crippen molar-refractivity contribution < 1.29 is 9.18 Å². The number of carbonyl (C=O) groups excluding carboxylic acids is 1. The van der Waals surface area contributed by atoms with Crippen molar-refractivity contribution in [3.05, 3.63) is 52.9 Å². The molecular formula is C19H19FN4OS. The molecule has 1 saturated heterocycles. The number of carbonyl (C=O) groups is 1. The molecule has 0 N–H and O–H groups in total. The van der Waals surface area contributed by atoms with E-state index in [1.54, 1.807) is 29.8 Å². The number of fused-ring (bicyclic) bond motifs is 1. The first-order valence-electron chi connectivity index (χ1n) is 8.63. The third-order valence-corrected chi connectivity index (χ3v) is 5.56. The molecule has 0 unspecified atom stereocenters. The zero-order valence-corrected chi connectivity index (χ0v) is 15.3. The van der Waals surface area contributed by atoms with Gasteiger partial charge in [0.15, 0.2) is 0 Å². The molecule has 1 amide bonds. The fraction of sp³-hybridized carbons (Fsp3) is 0.316. The predicted octanol–water partition coefficient (Wildman–Crippen LogP) is 3.49. The van der Waals surface area contributed by atoms with Gasteiger partial charge in [-0.25, -0.2) is 14.4 Å². The number of rotatable bonds is 2. The number of nitrogens with zero attached hydrogens (tertiary/aromatic N) is 4. The van der Waals surface area contributed by atoms with Crippen LogP contribution in [0, 0.1) is 12.7 Å². The first-order valence-corrected chi connectivity index (χ1v) is 9.44. The number of anilines is 1. The Hall–Kier alpha value is -2.54. The van der Waals surface area contributed by atoms with Crippen LogP contribution in [0.25, 0.3) is 10.2 Å². The first kappa shape index (κ1) is 16.9. The van der Waals surface area contributed by atoms with Crippen LogP contribution in [0.3, 0.4) is 0 Å². The van der Waals surface area contributed by atoms with Gasteiger partial charge in [-0.15, -0.1) is 11.3 Å². The lowest BCUT2D eigenvalue weighted by molar-refractivity contribution is 0.0767. The Kier molecular flexibility index (Phi) is 4.55. The van der Waals surface area contributed by atoms with E-state index in [2.05, 4.69) is 27.9 Å². The summed E-state index contributed by atoms with van der Waals surface area (Å²) in [5.74, 6) is 0.559. The average molecular weight is 370 g/mol. The lowest BCUT2D eigenvalue weighted by atomic mass is 10.2. The van der Waals surface area contributed by atoms with Gasteiger partial charge in [0, 0.05) is 36.6 Å². The fourth-order valence-electron chi connectivity index (χ4n) is 3.32. The number of benzene rings is 1. The molecule has 5 nitrogen and oxygen atoms in total. The van der Waals surface area contributed by atoms with Crippen molar-refractivity contribution >= 4 is 33.3 Å². The lowest BCUT2D eigenvalue weighted by Crippen LogP contribution is -2.35. The zero-order valence-electron chi connectivity index (χ0n) is 14.5. The van der Waals surface area contributed by atoms with Gasteiger partial charge in [0.25, 0.3) is 5.91 Å². The minimum atomic E-state index is -0.331. The van der Waals surface area contributed by atoms with E-state index in [9.17, 15) is 9.18 Å². The van der Waals surface area contributed by atoms with E-state index in [1.165, 1.54) is 17.0 Å². The summed E-state index contributed by atoms with van der Waals surface area (Å²) in [4.78, 5) is 27.8. The smallest absolute Gasteiger partial charge is 0.253 e. The Bertz CT molecular complexity index is 940. The van der Waals surface area contributed by atoms with Crippen LogP contribution in [0.2, 0.25) is 0 Å². The monoisotopic (exact) mass is 370 g/mol. The standard InChI is InChI=1S/C19H19FN4OS/c1-13-11-16-17(21-12-22-18(16)26-13)23-7-2-8-24(10-9-23)19(25)14-3-5-15(20)6-4-14/h3-6,11-12H,2,7-10H2,1H3.